The molecule has 162 valence electrons. The SMILES string of the molecule is O=C(Nc1ccc(Nc2ccccc2)cc1)c1nnn(-c2ccc(F)cc2)c1C(F)(F)F. The van der Waals surface area contributed by atoms with Gasteiger partial charge in [-0.1, -0.05) is 23.4 Å². The third kappa shape index (κ3) is 4.59. The molecule has 1 heterocycles. The standard InChI is InChI=1S/C22H15F4N5O/c23-14-6-12-18(13-7-14)31-20(22(24,25)26)19(29-30-31)21(32)28-17-10-8-16(9-11-17)27-15-4-2-1-3-5-15/h1-13,27H,(H,28,32). The lowest BCUT2D eigenvalue weighted by molar-refractivity contribution is -0.143. The van der Waals surface area contributed by atoms with E-state index in [0.29, 0.717) is 4.68 Å². The van der Waals surface area contributed by atoms with E-state index in [9.17, 15) is 22.4 Å². The second-order valence-electron chi connectivity index (χ2n) is 6.70. The Morgan fingerprint density at radius 2 is 1.41 bits per heavy atom. The molecule has 0 aliphatic rings. The molecule has 0 fully saturated rings. The van der Waals surface area contributed by atoms with Gasteiger partial charge in [0.2, 0.25) is 0 Å². The zero-order chi connectivity index (χ0) is 22.7. The van der Waals surface area contributed by atoms with Crippen LogP contribution in [0.5, 0.6) is 0 Å². The number of alkyl halides is 3. The molecule has 4 aromatic rings. The van der Waals surface area contributed by atoms with Crippen LogP contribution in [-0.2, 0) is 6.18 Å². The summed E-state index contributed by atoms with van der Waals surface area (Å²) in [5.74, 6) is -1.69. The molecule has 0 bridgehead atoms. The highest BCUT2D eigenvalue weighted by Crippen LogP contribution is 2.33. The van der Waals surface area contributed by atoms with Crippen molar-refractivity contribution in [3.8, 4) is 5.69 Å². The highest BCUT2D eigenvalue weighted by Gasteiger charge is 2.42. The Bertz CT molecular complexity index is 1220. The predicted molar refractivity (Wildman–Crippen MR) is 110 cm³/mol. The highest BCUT2D eigenvalue weighted by molar-refractivity contribution is 6.03. The molecule has 1 amide bonds. The Kier molecular flexibility index (Phi) is 5.59. The molecular formula is C22H15F4N5O. The average molecular weight is 441 g/mol. The van der Waals surface area contributed by atoms with Gasteiger partial charge in [0.05, 0.1) is 5.69 Å². The average Bonchev–Trinajstić information content (AvgIpc) is 3.22. The minimum Gasteiger partial charge on any atom is -0.356 e. The Balaban J connectivity index is 1.56. The molecule has 10 heteroatoms. The van der Waals surface area contributed by atoms with Gasteiger partial charge in [0.1, 0.15) is 5.82 Å². The molecule has 2 N–H and O–H groups in total. The maximum atomic E-state index is 13.7. The van der Waals surface area contributed by atoms with Crippen LogP contribution in [0, 0.1) is 5.82 Å². The van der Waals surface area contributed by atoms with Crippen LogP contribution in [0.25, 0.3) is 5.69 Å². The van der Waals surface area contributed by atoms with Gasteiger partial charge in [-0.3, -0.25) is 4.79 Å². The van der Waals surface area contributed by atoms with Crippen molar-refractivity contribution in [1.82, 2.24) is 15.0 Å². The molecular weight excluding hydrogens is 426 g/mol. The molecule has 0 saturated heterocycles. The first kappa shape index (κ1) is 21.0. The van der Waals surface area contributed by atoms with Crippen LogP contribution in [0.2, 0.25) is 0 Å². The summed E-state index contributed by atoms with van der Waals surface area (Å²) in [6, 6.07) is 20.0. The number of aromatic nitrogens is 3. The quantitative estimate of drug-likeness (QED) is 0.406. The molecule has 0 atom stereocenters. The fraction of sp³-hybridized carbons (Fsp3) is 0.0455. The van der Waals surface area contributed by atoms with E-state index in [1.165, 1.54) is 0 Å². The van der Waals surface area contributed by atoms with Crippen molar-refractivity contribution in [2.24, 2.45) is 0 Å². The van der Waals surface area contributed by atoms with Crippen LogP contribution in [-0.4, -0.2) is 20.9 Å². The summed E-state index contributed by atoms with van der Waals surface area (Å²) in [5.41, 5.74) is -0.471. The molecule has 4 rings (SSSR count). The topological polar surface area (TPSA) is 71.8 Å². The summed E-state index contributed by atoms with van der Waals surface area (Å²) < 4.78 is 54.7. The summed E-state index contributed by atoms with van der Waals surface area (Å²) in [5, 5.41) is 12.4. The molecule has 0 aliphatic carbocycles. The van der Waals surface area contributed by atoms with E-state index in [0.717, 1.165) is 35.6 Å². The number of nitrogens with zero attached hydrogens (tertiary/aromatic N) is 3. The van der Waals surface area contributed by atoms with Gasteiger partial charge in [0.15, 0.2) is 11.4 Å². The molecule has 3 aromatic carbocycles. The van der Waals surface area contributed by atoms with Crippen molar-refractivity contribution in [1.29, 1.82) is 0 Å². The number of para-hydroxylation sites is 1. The third-order valence-electron chi connectivity index (χ3n) is 4.43. The fourth-order valence-electron chi connectivity index (χ4n) is 2.97. The van der Waals surface area contributed by atoms with E-state index in [1.54, 1.807) is 24.3 Å². The second kappa shape index (κ2) is 8.50. The van der Waals surface area contributed by atoms with Crippen molar-refractivity contribution in [2.75, 3.05) is 10.6 Å². The molecule has 0 aliphatic heterocycles. The van der Waals surface area contributed by atoms with Gasteiger partial charge in [0.25, 0.3) is 5.91 Å². The van der Waals surface area contributed by atoms with Gasteiger partial charge in [-0.15, -0.1) is 5.10 Å². The molecule has 0 unspecified atom stereocenters. The first-order chi connectivity index (χ1) is 15.3. The van der Waals surface area contributed by atoms with Crippen LogP contribution >= 0.6 is 0 Å². The first-order valence-electron chi connectivity index (χ1n) is 9.33. The number of amides is 1. The van der Waals surface area contributed by atoms with Crippen LogP contribution < -0.4 is 10.6 Å². The maximum absolute atomic E-state index is 13.7. The van der Waals surface area contributed by atoms with E-state index in [2.05, 4.69) is 20.9 Å². The van der Waals surface area contributed by atoms with E-state index in [1.807, 2.05) is 30.3 Å². The molecule has 0 spiro atoms. The molecule has 6 nitrogen and oxygen atoms in total. The lowest BCUT2D eigenvalue weighted by Crippen LogP contribution is -2.21. The molecule has 0 saturated carbocycles. The molecule has 0 radical (unpaired) electrons. The highest BCUT2D eigenvalue weighted by atomic mass is 19.4. The van der Waals surface area contributed by atoms with Crippen LogP contribution in [0.3, 0.4) is 0 Å². The van der Waals surface area contributed by atoms with Gasteiger partial charge >= 0.3 is 6.18 Å². The summed E-state index contributed by atoms with van der Waals surface area (Å²) in [7, 11) is 0. The summed E-state index contributed by atoms with van der Waals surface area (Å²) in [4.78, 5) is 12.6. The van der Waals surface area contributed by atoms with E-state index in [4.69, 9.17) is 0 Å². The summed E-state index contributed by atoms with van der Waals surface area (Å²) in [6.45, 7) is 0. The van der Waals surface area contributed by atoms with Crippen LogP contribution in [0.15, 0.2) is 78.9 Å². The Labute approximate surface area is 179 Å². The number of nitrogens with one attached hydrogen (secondary N) is 2. The summed E-state index contributed by atoms with van der Waals surface area (Å²) >= 11 is 0. The number of rotatable bonds is 5. The third-order valence-corrected chi connectivity index (χ3v) is 4.43. The number of benzene rings is 3. The smallest absolute Gasteiger partial charge is 0.356 e. The number of carbonyl (C=O) groups excluding carboxylic acids is 1. The fourth-order valence-corrected chi connectivity index (χ4v) is 2.97. The van der Waals surface area contributed by atoms with E-state index < -0.39 is 29.3 Å². The summed E-state index contributed by atoms with van der Waals surface area (Å²) in [6.07, 6.45) is -4.92. The predicted octanol–water partition coefficient (Wildman–Crippen LogP) is 5.42. The van der Waals surface area contributed by atoms with Crippen molar-refractivity contribution < 1.29 is 22.4 Å². The molecule has 32 heavy (non-hydrogen) atoms. The van der Waals surface area contributed by atoms with Crippen molar-refractivity contribution in [3.05, 3.63) is 96.1 Å². The van der Waals surface area contributed by atoms with Gasteiger partial charge < -0.3 is 10.6 Å². The van der Waals surface area contributed by atoms with E-state index in [-0.39, 0.29) is 11.4 Å². The number of halogens is 4. The Hall–Kier alpha value is -4.21. The minimum absolute atomic E-state index is 0.0818. The second-order valence-corrected chi connectivity index (χ2v) is 6.70. The largest absolute Gasteiger partial charge is 0.435 e. The maximum Gasteiger partial charge on any atom is 0.435 e. The lowest BCUT2D eigenvalue weighted by Gasteiger charge is -2.12. The van der Waals surface area contributed by atoms with Crippen LogP contribution in [0.4, 0.5) is 34.6 Å². The monoisotopic (exact) mass is 441 g/mol. The van der Waals surface area contributed by atoms with Gasteiger partial charge in [0, 0.05) is 17.1 Å². The van der Waals surface area contributed by atoms with Gasteiger partial charge in [-0.2, -0.15) is 13.2 Å². The Morgan fingerprint density at radius 1 is 0.812 bits per heavy atom. The zero-order valence-electron chi connectivity index (χ0n) is 16.3. The normalized spacial score (nSPS) is 11.2. The zero-order valence-corrected chi connectivity index (χ0v) is 16.3. The number of carbonyl (C=O) groups is 1. The first-order valence-corrected chi connectivity index (χ1v) is 9.33. The number of anilines is 3. The Morgan fingerprint density at radius 3 is 2.03 bits per heavy atom. The van der Waals surface area contributed by atoms with Crippen molar-refractivity contribution >= 4 is 23.0 Å². The lowest BCUT2D eigenvalue weighted by atomic mass is 10.2. The minimum atomic E-state index is -4.92. The van der Waals surface area contributed by atoms with E-state index >= 15 is 0 Å². The van der Waals surface area contributed by atoms with Crippen LogP contribution in [0.1, 0.15) is 16.2 Å². The van der Waals surface area contributed by atoms with Gasteiger partial charge in [-0.05, 0) is 60.7 Å². The van der Waals surface area contributed by atoms with Crippen molar-refractivity contribution in [2.45, 2.75) is 6.18 Å². The van der Waals surface area contributed by atoms with Crippen molar-refractivity contribution in [3.63, 3.8) is 0 Å². The number of hydrogen-bond acceptors (Lipinski definition) is 4. The number of hydrogen-bond donors (Lipinski definition) is 2. The molecule has 1 aromatic heterocycles. The van der Waals surface area contributed by atoms with Gasteiger partial charge in [-0.25, -0.2) is 9.07 Å².